The number of hydrogen-bond donors (Lipinski definition) is 2. The van der Waals surface area contributed by atoms with E-state index in [1.54, 1.807) is 18.1 Å². The number of carboxylic acids is 1. The molecule has 2 aromatic carbocycles. The number of methoxy groups -OCH3 is 1. The van der Waals surface area contributed by atoms with Gasteiger partial charge in [-0.05, 0) is 30.7 Å². The van der Waals surface area contributed by atoms with Gasteiger partial charge < -0.3 is 24.3 Å². The summed E-state index contributed by atoms with van der Waals surface area (Å²) < 4.78 is 44.0. The number of ether oxygens (including phenoxy) is 3. The maximum atomic E-state index is 13.3. The predicted molar refractivity (Wildman–Crippen MR) is 130 cm³/mol. The number of carboxylic acid groups (broad SMARTS) is 1. The summed E-state index contributed by atoms with van der Waals surface area (Å²) in [7, 11) is 1.64. The monoisotopic (exact) mass is 501 g/mol. The van der Waals surface area contributed by atoms with Crippen LogP contribution in [0.1, 0.15) is 33.1 Å². The molecule has 0 spiro atoms. The van der Waals surface area contributed by atoms with Crippen LogP contribution in [0.25, 0.3) is 10.9 Å². The molecule has 2 N–H and O–H groups in total. The summed E-state index contributed by atoms with van der Waals surface area (Å²) in [5.41, 5.74) is 3.84. The number of nitrogens with zero attached hydrogens (tertiary/aromatic N) is 2. The summed E-state index contributed by atoms with van der Waals surface area (Å²) in [4.78, 5) is 19.0. The highest BCUT2D eigenvalue weighted by atomic mass is 19.3. The number of hydrogen-bond acceptors (Lipinski definition) is 6. The van der Waals surface area contributed by atoms with Crippen molar-refractivity contribution in [1.82, 2.24) is 14.8 Å². The zero-order valence-electron chi connectivity index (χ0n) is 20.2. The Hall–Kier alpha value is -3.37. The molecule has 1 fully saturated rings. The van der Waals surface area contributed by atoms with Crippen LogP contribution in [0, 0.1) is 6.92 Å². The molecule has 0 radical (unpaired) electrons. The maximum absolute atomic E-state index is 13.3. The fourth-order valence-corrected chi connectivity index (χ4v) is 5.29. The van der Waals surface area contributed by atoms with Crippen LogP contribution in [-0.2, 0) is 6.54 Å². The van der Waals surface area contributed by atoms with Crippen molar-refractivity contribution in [1.29, 1.82) is 0 Å². The Balaban J connectivity index is 1.57. The Labute approximate surface area is 207 Å². The van der Waals surface area contributed by atoms with Gasteiger partial charge in [-0.3, -0.25) is 9.80 Å². The van der Waals surface area contributed by atoms with Crippen molar-refractivity contribution in [2.45, 2.75) is 25.9 Å². The number of fused-ring (bicyclic) bond motifs is 2. The molecule has 2 aliphatic heterocycles. The van der Waals surface area contributed by atoms with Gasteiger partial charge in [0.2, 0.25) is 0 Å². The predicted octanol–water partition coefficient (Wildman–Crippen LogP) is 4.08. The van der Waals surface area contributed by atoms with Gasteiger partial charge in [-0.15, -0.1) is 0 Å². The van der Waals surface area contributed by atoms with Crippen LogP contribution < -0.4 is 14.2 Å². The summed E-state index contributed by atoms with van der Waals surface area (Å²) in [5, 5.41) is 10.7. The van der Waals surface area contributed by atoms with Crippen molar-refractivity contribution in [2.75, 3.05) is 46.5 Å². The number of alkyl halides is 2. The van der Waals surface area contributed by atoms with Gasteiger partial charge in [0.25, 0.3) is 6.43 Å². The van der Waals surface area contributed by atoms with E-state index in [2.05, 4.69) is 9.88 Å². The third-order valence-corrected chi connectivity index (χ3v) is 6.97. The molecule has 0 unspecified atom stereocenters. The summed E-state index contributed by atoms with van der Waals surface area (Å²) >= 11 is 0. The number of benzene rings is 2. The molecule has 8 nitrogen and oxygen atoms in total. The molecule has 3 heterocycles. The number of aromatic amines is 1. The van der Waals surface area contributed by atoms with Crippen LogP contribution in [0.3, 0.4) is 0 Å². The maximum Gasteiger partial charge on any atom is 0.339 e. The summed E-state index contributed by atoms with van der Waals surface area (Å²) in [6.45, 7) is 4.10. The van der Waals surface area contributed by atoms with Crippen molar-refractivity contribution in [3.05, 3.63) is 52.7 Å². The first-order chi connectivity index (χ1) is 17.4. The third kappa shape index (κ3) is 4.46. The highest BCUT2D eigenvalue weighted by Gasteiger charge is 2.35. The molecule has 36 heavy (non-hydrogen) atoms. The summed E-state index contributed by atoms with van der Waals surface area (Å²) in [5.74, 6) is 0.217. The standard InChI is InChI=1S/C26H29F2N3O5/c1-15-11-21(34-2)19(16-5-6-29-23(15)16)12-31-8-7-30(14-22(27)28)13-20(31)17-3-4-18(26(32)33)25-24(17)35-9-10-36-25/h3-6,11,20,22,29H,7-10,12-14H2,1-2H3,(H,32,33)/t20-/m1/s1. The minimum atomic E-state index is -2.45. The van der Waals surface area contributed by atoms with Crippen LogP contribution in [0.4, 0.5) is 8.78 Å². The Morgan fingerprint density at radius 3 is 2.72 bits per heavy atom. The molecule has 10 heteroatoms. The van der Waals surface area contributed by atoms with E-state index >= 15 is 0 Å². The third-order valence-electron chi connectivity index (χ3n) is 6.97. The molecule has 2 aliphatic rings. The smallest absolute Gasteiger partial charge is 0.339 e. The molecular weight excluding hydrogens is 472 g/mol. The van der Waals surface area contributed by atoms with Gasteiger partial charge in [0.05, 0.1) is 19.7 Å². The minimum Gasteiger partial charge on any atom is -0.496 e. The molecule has 5 rings (SSSR count). The van der Waals surface area contributed by atoms with Gasteiger partial charge in [0.15, 0.2) is 11.5 Å². The van der Waals surface area contributed by atoms with E-state index in [-0.39, 0.29) is 37.1 Å². The fourth-order valence-electron chi connectivity index (χ4n) is 5.29. The van der Waals surface area contributed by atoms with Gasteiger partial charge in [0.1, 0.15) is 24.5 Å². The lowest BCUT2D eigenvalue weighted by atomic mass is 9.96. The van der Waals surface area contributed by atoms with E-state index in [1.165, 1.54) is 6.07 Å². The minimum absolute atomic E-state index is 0.0227. The van der Waals surface area contributed by atoms with Crippen LogP contribution >= 0.6 is 0 Å². The summed E-state index contributed by atoms with van der Waals surface area (Å²) in [6, 6.07) is 6.92. The van der Waals surface area contributed by atoms with Crippen molar-refractivity contribution in [2.24, 2.45) is 0 Å². The topological polar surface area (TPSA) is 87.3 Å². The van der Waals surface area contributed by atoms with Gasteiger partial charge in [-0.2, -0.15) is 0 Å². The van der Waals surface area contributed by atoms with E-state index in [0.29, 0.717) is 31.9 Å². The first-order valence-corrected chi connectivity index (χ1v) is 11.9. The number of nitrogens with one attached hydrogen (secondary N) is 1. The number of H-pyrrole nitrogens is 1. The molecule has 3 aromatic rings. The molecule has 1 aromatic heterocycles. The number of halogens is 2. The van der Waals surface area contributed by atoms with Gasteiger partial charge in [-0.25, -0.2) is 13.6 Å². The van der Waals surface area contributed by atoms with Crippen molar-refractivity contribution in [3.8, 4) is 17.2 Å². The lowest BCUT2D eigenvalue weighted by Crippen LogP contribution is -2.49. The zero-order chi connectivity index (χ0) is 25.4. The normalized spacial score (nSPS) is 18.6. The summed E-state index contributed by atoms with van der Waals surface area (Å²) in [6.07, 6.45) is -0.554. The molecule has 0 saturated carbocycles. The molecule has 0 aliphatic carbocycles. The number of piperazine rings is 1. The second-order valence-corrected chi connectivity index (χ2v) is 9.14. The zero-order valence-corrected chi connectivity index (χ0v) is 20.2. The van der Waals surface area contributed by atoms with Crippen LogP contribution in [0.15, 0.2) is 30.5 Å². The van der Waals surface area contributed by atoms with Crippen LogP contribution in [0.5, 0.6) is 17.2 Å². The highest BCUT2D eigenvalue weighted by molar-refractivity contribution is 5.92. The number of aryl methyl sites for hydroxylation is 1. The lowest BCUT2D eigenvalue weighted by Gasteiger charge is -2.42. The van der Waals surface area contributed by atoms with Gasteiger partial charge in [-0.1, -0.05) is 6.07 Å². The molecule has 1 saturated heterocycles. The second kappa shape index (κ2) is 9.94. The molecule has 0 amide bonds. The number of aromatic carboxylic acids is 1. The Kier molecular flexibility index (Phi) is 6.72. The van der Waals surface area contributed by atoms with Gasteiger partial charge in [0, 0.05) is 54.4 Å². The van der Waals surface area contributed by atoms with Crippen molar-refractivity contribution < 1.29 is 32.9 Å². The average Bonchev–Trinajstić information content (AvgIpc) is 3.36. The molecule has 1 atom stereocenters. The van der Waals surface area contributed by atoms with Crippen LogP contribution in [0.2, 0.25) is 0 Å². The van der Waals surface area contributed by atoms with E-state index in [0.717, 1.165) is 33.3 Å². The van der Waals surface area contributed by atoms with E-state index in [9.17, 15) is 18.7 Å². The SMILES string of the molecule is COc1cc(C)c2[nH]ccc2c1CN1CCN(CC(F)F)C[C@@H]1c1ccc(C(=O)O)c2c1OCCO2. The van der Waals surface area contributed by atoms with Crippen LogP contribution in [-0.4, -0.2) is 78.8 Å². The largest absolute Gasteiger partial charge is 0.496 e. The number of rotatable bonds is 7. The lowest BCUT2D eigenvalue weighted by molar-refractivity contribution is 0.0230. The van der Waals surface area contributed by atoms with E-state index in [1.807, 2.05) is 25.3 Å². The molecule has 192 valence electrons. The second-order valence-electron chi connectivity index (χ2n) is 9.14. The van der Waals surface area contributed by atoms with Crippen molar-refractivity contribution in [3.63, 3.8) is 0 Å². The van der Waals surface area contributed by atoms with Gasteiger partial charge >= 0.3 is 5.97 Å². The number of aromatic nitrogens is 1. The van der Waals surface area contributed by atoms with E-state index in [4.69, 9.17) is 14.2 Å². The molecule has 0 bridgehead atoms. The van der Waals surface area contributed by atoms with E-state index < -0.39 is 12.4 Å². The highest BCUT2D eigenvalue weighted by Crippen LogP contribution is 2.44. The first kappa shape index (κ1) is 24.3. The fraction of sp³-hybridized carbons (Fsp3) is 0.423. The Bertz CT molecular complexity index is 1280. The number of carbonyl (C=O) groups is 1. The quantitative estimate of drug-likeness (QED) is 0.505. The Morgan fingerprint density at radius 2 is 2.00 bits per heavy atom. The molecular formula is C26H29F2N3O5. The Morgan fingerprint density at radius 1 is 1.22 bits per heavy atom. The van der Waals surface area contributed by atoms with Crippen molar-refractivity contribution >= 4 is 16.9 Å². The average molecular weight is 502 g/mol. The first-order valence-electron chi connectivity index (χ1n) is 11.9.